The van der Waals surface area contributed by atoms with Crippen LogP contribution < -0.4 is 4.90 Å². The fraction of sp³-hybridized carbons (Fsp3) is 0.455. The minimum absolute atomic E-state index is 0.0851. The van der Waals surface area contributed by atoms with Crippen molar-refractivity contribution in [1.82, 2.24) is 4.98 Å². The van der Waals surface area contributed by atoms with Crippen molar-refractivity contribution in [3.63, 3.8) is 0 Å². The van der Waals surface area contributed by atoms with E-state index in [-0.39, 0.29) is 22.6 Å². The van der Waals surface area contributed by atoms with E-state index in [1.807, 2.05) is 17.9 Å². The van der Waals surface area contributed by atoms with Crippen molar-refractivity contribution < 1.29 is 8.42 Å². The summed E-state index contributed by atoms with van der Waals surface area (Å²) < 4.78 is 23.0. The molecule has 18 heavy (non-hydrogen) atoms. The fourth-order valence-corrected chi connectivity index (χ4v) is 3.85. The maximum absolute atomic E-state index is 11.5. The Bertz CT molecular complexity index is 609. The van der Waals surface area contributed by atoms with Crippen molar-refractivity contribution in [1.29, 1.82) is 5.26 Å². The maximum atomic E-state index is 11.5. The largest absolute Gasteiger partial charge is 0.351 e. The molecule has 5 nitrogen and oxygen atoms in total. The normalized spacial score (nSPS) is 22.5. The third-order valence-corrected chi connectivity index (χ3v) is 5.10. The molecule has 1 atom stereocenters. The summed E-state index contributed by atoms with van der Waals surface area (Å²) in [5.41, 5.74) is 0.349. The van der Waals surface area contributed by atoms with E-state index >= 15 is 0 Å². The van der Waals surface area contributed by atoms with Crippen molar-refractivity contribution in [3.05, 3.63) is 22.8 Å². The smallest absolute Gasteiger partial charge is 0.154 e. The van der Waals surface area contributed by atoms with Gasteiger partial charge < -0.3 is 4.90 Å². The average Bonchev–Trinajstić information content (AvgIpc) is 2.29. The Morgan fingerprint density at radius 1 is 1.61 bits per heavy atom. The molecule has 2 rings (SSSR count). The summed E-state index contributed by atoms with van der Waals surface area (Å²) in [5, 5.41) is 9.20. The highest BCUT2D eigenvalue weighted by molar-refractivity contribution is 7.91. The molecular formula is C11H12ClN3O2S. The molecule has 0 bridgehead atoms. The van der Waals surface area contributed by atoms with Crippen molar-refractivity contribution in [3.8, 4) is 6.07 Å². The molecule has 1 saturated heterocycles. The van der Waals surface area contributed by atoms with Gasteiger partial charge in [-0.2, -0.15) is 5.26 Å². The van der Waals surface area contributed by atoms with Crippen molar-refractivity contribution in [2.75, 3.05) is 23.0 Å². The van der Waals surface area contributed by atoms with E-state index in [0.717, 1.165) is 0 Å². The Morgan fingerprint density at radius 2 is 2.33 bits per heavy atom. The molecule has 0 aromatic carbocycles. The molecule has 0 aliphatic carbocycles. The van der Waals surface area contributed by atoms with Crippen LogP contribution in [0.4, 0.5) is 5.82 Å². The van der Waals surface area contributed by atoms with Crippen LogP contribution in [-0.2, 0) is 9.84 Å². The summed E-state index contributed by atoms with van der Waals surface area (Å²) in [7, 11) is -2.98. The molecular weight excluding hydrogens is 274 g/mol. The number of rotatable bonds is 1. The minimum atomic E-state index is -2.98. The van der Waals surface area contributed by atoms with Gasteiger partial charge in [0.2, 0.25) is 0 Å². The number of aromatic nitrogens is 1. The van der Waals surface area contributed by atoms with Crippen molar-refractivity contribution in [2.45, 2.75) is 13.0 Å². The first kappa shape index (κ1) is 13.1. The minimum Gasteiger partial charge on any atom is -0.351 e. The van der Waals surface area contributed by atoms with E-state index in [1.54, 1.807) is 0 Å². The van der Waals surface area contributed by atoms with Crippen LogP contribution in [0.5, 0.6) is 0 Å². The Kier molecular flexibility index (Phi) is 3.46. The summed E-state index contributed by atoms with van der Waals surface area (Å²) in [4.78, 5) is 5.99. The zero-order valence-corrected chi connectivity index (χ0v) is 11.4. The van der Waals surface area contributed by atoms with Crippen molar-refractivity contribution >= 4 is 27.3 Å². The van der Waals surface area contributed by atoms with Gasteiger partial charge in [-0.1, -0.05) is 11.6 Å². The van der Waals surface area contributed by atoms with Gasteiger partial charge in [-0.3, -0.25) is 0 Å². The lowest BCUT2D eigenvalue weighted by Gasteiger charge is -2.34. The third-order valence-electron chi connectivity index (χ3n) is 2.93. The zero-order valence-electron chi connectivity index (χ0n) is 9.80. The summed E-state index contributed by atoms with van der Waals surface area (Å²) >= 11 is 6.10. The fourth-order valence-electron chi connectivity index (χ4n) is 2.03. The number of pyridine rings is 1. The Balaban J connectivity index is 2.37. The molecule has 2 heterocycles. The first-order valence-electron chi connectivity index (χ1n) is 5.46. The quantitative estimate of drug-likeness (QED) is 0.776. The van der Waals surface area contributed by atoms with Gasteiger partial charge in [0.25, 0.3) is 0 Å². The Morgan fingerprint density at radius 3 is 2.94 bits per heavy atom. The second-order valence-corrected chi connectivity index (χ2v) is 6.87. The first-order valence-corrected chi connectivity index (χ1v) is 7.66. The van der Waals surface area contributed by atoms with Gasteiger partial charge in [-0.25, -0.2) is 13.4 Å². The molecule has 1 aromatic heterocycles. The van der Waals surface area contributed by atoms with Crippen LogP contribution in [0.25, 0.3) is 0 Å². The number of nitrogens with zero attached hydrogens (tertiary/aromatic N) is 3. The van der Waals surface area contributed by atoms with Crippen LogP contribution in [0.1, 0.15) is 12.5 Å². The Hall–Kier alpha value is -1.32. The van der Waals surface area contributed by atoms with Crippen LogP contribution in [0.3, 0.4) is 0 Å². The van der Waals surface area contributed by atoms with Gasteiger partial charge in [0.15, 0.2) is 9.84 Å². The van der Waals surface area contributed by atoms with E-state index in [1.165, 1.54) is 12.3 Å². The van der Waals surface area contributed by atoms with E-state index in [0.29, 0.717) is 17.9 Å². The molecule has 0 saturated carbocycles. The zero-order chi connectivity index (χ0) is 13.3. The number of hydrogen-bond donors (Lipinski definition) is 0. The number of nitriles is 1. The van der Waals surface area contributed by atoms with E-state index in [2.05, 4.69) is 4.98 Å². The van der Waals surface area contributed by atoms with Crippen molar-refractivity contribution in [2.24, 2.45) is 0 Å². The second kappa shape index (κ2) is 4.75. The third kappa shape index (κ3) is 2.42. The lowest BCUT2D eigenvalue weighted by Crippen LogP contribution is -2.47. The highest BCUT2D eigenvalue weighted by atomic mass is 35.5. The first-order chi connectivity index (χ1) is 8.44. The molecule has 1 aromatic rings. The average molecular weight is 286 g/mol. The van der Waals surface area contributed by atoms with Gasteiger partial charge in [0.1, 0.15) is 16.9 Å². The Labute approximate surface area is 111 Å². The van der Waals surface area contributed by atoms with Gasteiger partial charge in [0, 0.05) is 18.8 Å². The predicted octanol–water partition coefficient (Wildman–Crippen LogP) is 1.23. The molecule has 7 heteroatoms. The summed E-state index contributed by atoms with van der Waals surface area (Å²) in [6, 6.07) is 3.34. The van der Waals surface area contributed by atoms with Crippen LogP contribution in [0.2, 0.25) is 5.02 Å². The van der Waals surface area contributed by atoms with Crippen LogP contribution in [0.15, 0.2) is 12.3 Å². The second-order valence-electron chi connectivity index (χ2n) is 4.26. The highest BCUT2D eigenvalue weighted by Gasteiger charge is 2.30. The van der Waals surface area contributed by atoms with Crippen LogP contribution in [-0.4, -0.2) is 37.5 Å². The lowest BCUT2D eigenvalue weighted by atomic mass is 10.2. The summed E-state index contributed by atoms with van der Waals surface area (Å²) in [6.45, 7) is 2.17. The van der Waals surface area contributed by atoms with Crippen LogP contribution in [0, 0.1) is 11.3 Å². The molecule has 1 aliphatic heterocycles. The van der Waals surface area contributed by atoms with E-state index < -0.39 is 9.84 Å². The monoisotopic (exact) mass is 285 g/mol. The van der Waals surface area contributed by atoms with Gasteiger partial charge in [0.05, 0.1) is 17.1 Å². The number of hydrogen-bond acceptors (Lipinski definition) is 5. The SMILES string of the molecule is CC1CS(=O)(=O)CCN1c1nccc(C#N)c1Cl. The highest BCUT2D eigenvalue weighted by Crippen LogP contribution is 2.29. The maximum Gasteiger partial charge on any atom is 0.154 e. The molecule has 1 unspecified atom stereocenters. The molecule has 1 fully saturated rings. The topological polar surface area (TPSA) is 74.1 Å². The molecule has 0 spiro atoms. The standard InChI is InChI=1S/C11H12ClN3O2S/c1-8-7-18(16,17)5-4-15(8)11-10(12)9(6-13)2-3-14-11/h2-3,8H,4-5,7H2,1H3. The van der Waals surface area contributed by atoms with Gasteiger partial charge in [-0.15, -0.1) is 0 Å². The predicted molar refractivity (Wildman–Crippen MR) is 69.4 cm³/mol. The van der Waals surface area contributed by atoms with Gasteiger partial charge in [-0.05, 0) is 13.0 Å². The van der Waals surface area contributed by atoms with E-state index in [4.69, 9.17) is 16.9 Å². The molecule has 1 aliphatic rings. The van der Waals surface area contributed by atoms with Crippen LogP contribution >= 0.6 is 11.6 Å². The number of halogens is 1. The molecule has 96 valence electrons. The molecule has 0 radical (unpaired) electrons. The molecule has 0 amide bonds. The summed E-state index contributed by atoms with van der Waals surface area (Å²) in [6.07, 6.45) is 1.51. The number of sulfone groups is 1. The van der Waals surface area contributed by atoms with E-state index in [9.17, 15) is 8.42 Å². The lowest BCUT2D eigenvalue weighted by molar-refractivity contribution is 0.567. The summed E-state index contributed by atoms with van der Waals surface area (Å²) in [5.74, 6) is 0.659. The number of anilines is 1. The molecule has 0 N–H and O–H groups in total. The van der Waals surface area contributed by atoms with Gasteiger partial charge >= 0.3 is 0 Å².